The molecule has 0 bridgehead atoms. The minimum atomic E-state index is 1.03. The van der Waals surface area contributed by atoms with Gasteiger partial charge >= 0.3 is 0 Å². The summed E-state index contributed by atoms with van der Waals surface area (Å²) in [5.74, 6) is 0. The van der Waals surface area contributed by atoms with Gasteiger partial charge in [-0.25, -0.2) is 0 Å². The van der Waals surface area contributed by atoms with Gasteiger partial charge in [-0.3, -0.25) is 0 Å². The Kier molecular flexibility index (Phi) is 2.49. The van der Waals surface area contributed by atoms with Gasteiger partial charge in [0.25, 0.3) is 0 Å². The Balaban J connectivity index is 2.55. The highest BCUT2D eigenvalue weighted by molar-refractivity contribution is 5.98. The molecule has 0 amide bonds. The lowest BCUT2D eigenvalue weighted by atomic mass is 10.1. The molecule has 0 saturated heterocycles. The zero-order chi connectivity index (χ0) is 7.40. The number of hydrogen-bond donors (Lipinski definition) is 0. The molecule has 0 spiro atoms. The van der Waals surface area contributed by atoms with Crippen LogP contribution in [0, 0.1) is 0 Å². The molecular formula is C8H13NO. The summed E-state index contributed by atoms with van der Waals surface area (Å²) < 4.78 is 0. The van der Waals surface area contributed by atoms with Crippen LogP contribution in [0.4, 0.5) is 0 Å². The molecule has 0 radical (unpaired) electrons. The maximum Gasteiger partial charge on any atom is 0.106 e. The van der Waals surface area contributed by atoms with E-state index in [1.807, 2.05) is 6.92 Å². The molecule has 10 heavy (non-hydrogen) atoms. The molecule has 1 aliphatic carbocycles. The van der Waals surface area contributed by atoms with Crippen LogP contribution >= 0.6 is 0 Å². The highest BCUT2D eigenvalue weighted by Crippen LogP contribution is 2.18. The second-order valence-electron chi connectivity index (χ2n) is 2.48. The van der Waals surface area contributed by atoms with Crippen LogP contribution in [0.5, 0.6) is 0 Å². The second-order valence-corrected chi connectivity index (χ2v) is 2.48. The number of nitrogens with zero attached hydrogens (tertiary/aromatic N) is 1. The first-order valence-electron chi connectivity index (χ1n) is 3.61. The summed E-state index contributed by atoms with van der Waals surface area (Å²) in [6, 6.07) is 0. The van der Waals surface area contributed by atoms with Crippen molar-refractivity contribution in [1.29, 1.82) is 0 Å². The first kappa shape index (κ1) is 7.32. The average molecular weight is 139 g/mol. The summed E-state index contributed by atoms with van der Waals surface area (Å²) in [6.45, 7) is 1.99. The van der Waals surface area contributed by atoms with E-state index in [9.17, 15) is 0 Å². The lowest BCUT2D eigenvalue weighted by Crippen LogP contribution is -1.94. The van der Waals surface area contributed by atoms with E-state index >= 15 is 0 Å². The van der Waals surface area contributed by atoms with Crippen LogP contribution < -0.4 is 0 Å². The van der Waals surface area contributed by atoms with Crippen LogP contribution in [0.15, 0.2) is 16.8 Å². The maximum absolute atomic E-state index is 4.66. The standard InChI is InChI=1S/C8H13NO/c1-7(9-10-2)8-5-3-4-6-8/h5H,3-4,6H2,1-2H3/b9-7-. The normalized spacial score (nSPS) is 19.0. The Hall–Kier alpha value is -0.790. The molecule has 0 saturated carbocycles. The largest absolute Gasteiger partial charge is 0.399 e. The Morgan fingerprint density at radius 2 is 2.50 bits per heavy atom. The number of hydrogen-bond acceptors (Lipinski definition) is 2. The second kappa shape index (κ2) is 3.40. The zero-order valence-corrected chi connectivity index (χ0v) is 6.55. The molecule has 2 heteroatoms. The van der Waals surface area contributed by atoms with Crippen molar-refractivity contribution in [3.05, 3.63) is 11.6 Å². The zero-order valence-electron chi connectivity index (χ0n) is 6.55. The Morgan fingerprint density at radius 1 is 1.70 bits per heavy atom. The molecule has 0 aliphatic heterocycles. The van der Waals surface area contributed by atoms with Crippen molar-refractivity contribution >= 4 is 5.71 Å². The molecule has 0 unspecified atom stereocenters. The first-order valence-corrected chi connectivity index (χ1v) is 3.61. The van der Waals surface area contributed by atoms with Gasteiger partial charge in [-0.05, 0) is 31.8 Å². The molecule has 0 aromatic heterocycles. The van der Waals surface area contributed by atoms with Crippen LogP contribution in [0.3, 0.4) is 0 Å². The van der Waals surface area contributed by atoms with E-state index in [-0.39, 0.29) is 0 Å². The summed E-state index contributed by atoms with van der Waals surface area (Å²) in [4.78, 5) is 4.66. The van der Waals surface area contributed by atoms with Crippen LogP contribution in [0.1, 0.15) is 26.2 Å². The monoisotopic (exact) mass is 139 g/mol. The van der Waals surface area contributed by atoms with Gasteiger partial charge in [0.1, 0.15) is 7.11 Å². The van der Waals surface area contributed by atoms with Gasteiger partial charge in [0.15, 0.2) is 0 Å². The van der Waals surface area contributed by atoms with Crippen LogP contribution in [0.25, 0.3) is 0 Å². The topological polar surface area (TPSA) is 21.6 Å². The van der Waals surface area contributed by atoms with E-state index in [0.29, 0.717) is 0 Å². The van der Waals surface area contributed by atoms with Crippen LogP contribution in [0.2, 0.25) is 0 Å². The predicted molar refractivity (Wildman–Crippen MR) is 42.1 cm³/mol. The molecule has 0 atom stereocenters. The summed E-state index contributed by atoms with van der Waals surface area (Å²) in [5, 5.41) is 3.85. The van der Waals surface area contributed by atoms with E-state index in [1.54, 1.807) is 7.11 Å². The fourth-order valence-corrected chi connectivity index (χ4v) is 1.20. The van der Waals surface area contributed by atoms with Crippen molar-refractivity contribution < 1.29 is 4.84 Å². The van der Waals surface area contributed by atoms with Gasteiger partial charge in [0.05, 0.1) is 5.71 Å². The number of rotatable bonds is 2. The van der Waals surface area contributed by atoms with Crippen LogP contribution in [-0.2, 0) is 4.84 Å². The van der Waals surface area contributed by atoms with Crippen molar-refractivity contribution in [1.82, 2.24) is 0 Å². The molecule has 0 N–H and O–H groups in total. The Bertz CT molecular complexity index is 170. The molecular weight excluding hydrogens is 126 g/mol. The van der Waals surface area contributed by atoms with Gasteiger partial charge < -0.3 is 4.84 Å². The third-order valence-electron chi connectivity index (χ3n) is 1.73. The average Bonchev–Trinajstić information content (AvgIpc) is 2.38. The number of oxime groups is 1. The van der Waals surface area contributed by atoms with Crippen molar-refractivity contribution in [2.75, 3.05) is 7.11 Å². The summed E-state index contributed by atoms with van der Waals surface area (Å²) in [5.41, 5.74) is 2.38. The van der Waals surface area contributed by atoms with Crippen LogP contribution in [-0.4, -0.2) is 12.8 Å². The minimum absolute atomic E-state index is 1.03. The molecule has 0 fully saturated rings. The minimum Gasteiger partial charge on any atom is -0.399 e. The van der Waals surface area contributed by atoms with Gasteiger partial charge in [0, 0.05) is 0 Å². The van der Waals surface area contributed by atoms with Gasteiger partial charge in [-0.2, -0.15) is 0 Å². The van der Waals surface area contributed by atoms with E-state index in [4.69, 9.17) is 0 Å². The first-order chi connectivity index (χ1) is 4.84. The lowest BCUT2D eigenvalue weighted by molar-refractivity contribution is 0.213. The van der Waals surface area contributed by atoms with E-state index in [1.165, 1.54) is 24.8 Å². The highest BCUT2D eigenvalue weighted by Gasteiger charge is 2.06. The van der Waals surface area contributed by atoms with Crippen molar-refractivity contribution in [2.45, 2.75) is 26.2 Å². The predicted octanol–water partition coefficient (Wildman–Crippen LogP) is 2.12. The smallest absolute Gasteiger partial charge is 0.106 e. The molecule has 0 aromatic carbocycles. The van der Waals surface area contributed by atoms with Crippen molar-refractivity contribution in [3.8, 4) is 0 Å². The molecule has 2 nitrogen and oxygen atoms in total. The summed E-state index contributed by atoms with van der Waals surface area (Å²) in [6.07, 6.45) is 5.87. The van der Waals surface area contributed by atoms with Crippen molar-refractivity contribution in [3.63, 3.8) is 0 Å². The maximum atomic E-state index is 4.66. The fraction of sp³-hybridized carbons (Fsp3) is 0.625. The van der Waals surface area contributed by atoms with E-state index in [2.05, 4.69) is 16.1 Å². The summed E-state index contributed by atoms with van der Waals surface area (Å²) in [7, 11) is 1.58. The Morgan fingerprint density at radius 3 is 3.00 bits per heavy atom. The SMILES string of the molecule is CO/N=C(/C)C1=CCCC1. The van der Waals surface area contributed by atoms with Gasteiger partial charge in [-0.1, -0.05) is 11.2 Å². The highest BCUT2D eigenvalue weighted by atomic mass is 16.6. The molecule has 0 heterocycles. The molecule has 56 valence electrons. The Labute approximate surface area is 61.6 Å². The lowest BCUT2D eigenvalue weighted by Gasteiger charge is -1.97. The molecule has 0 aromatic rings. The third kappa shape index (κ3) is 1.59. The molecule has 1 aliphatic rings. The fourth-order valence-electron chi connectivity index (χ4n) is 1.20. The molecule has 1 rings (SSSR count). The third-order valence-corrected chi connectivity index (χ3v) is 1.73. The van der Waals surface area contributed by atoms with E-state index < -0.39 is 0 Å². The number of allylic oxidation sites excluding steroid dienone is 2. The van der Waals surface area contributed by atoms with E-state index in [0.717, 1.165) is 5.71 Å². The van der Waals surface area contributed by atoms with Crippen molar-refractivity contribution in [2.24, 2.45) is 5.16 Å². The van der Waals surface area contributed by atoms with Gasteiger partial charge in [-0.15, -0.1) is 0 Å². The summed E-state index contributed by atoms with van der Waals surface area (Å²) >= 11 is 0. The quantitative estimate of drug-likeness (QED) is 0.424. The van der Waals surface area contributed by atoms with Gasteiger partial charge in [0.2, 0.25) is 0 Å².